The second-order valence-electron chi connectivity index (χ2n) is 8.27. The number of carbonyl (C=O) groups is 2. The lowest BCUT2D eigenvalue weighted by atomic mass is 9.95. The van der Waals surface area contributed by atoms with Crippen LogP contribution in [0.4, 0.5) is 4.39 Å². The van der Waals surface area contributed by atoms with E-state index in [1.807, 2.05) is 30.5 Å². The van der Waals surface area contributed by atoms with Gasteiger partial charge in [-0.25, -0.2) is 4.39 Å². The topological polar surface area (TPSA) is 73.4 Å². The van der Waals surface area contributed by atoms with E-state index in [1.54, 1.807) is 12.1 Å². The van der Waals surface area contributed by atoms with Crippen molar-refractivity contribution < 1.29 is 19.1 Å². The molecule has 1 aliphatic rings. The molecule has 1 unspecified atom stereocenters. The van der Waals surface area contributed by atoms with Gasteiger partial charge in [-0.05, 0) is 60.0 Å². The Bertz CT molecular complexity index is 1490. The Morgan fingerprint density at radius 1 is 1.03 bits per heavy atom. The number of ketones is 1. The largest absolute Gasteiger partial charge is 0.507 e. The van der Waals surface area contributed by atoms with Gasteiger partial charge >= 0.3 is 0 Å². The molecule has 1 amide bonds. The van der Waals surface area contributed by atoms with Crippen LogP contribution in [-0.4, -0.2) is 33.2 Å². The third kappa shape index (κ3) is 4.20. The zero-order valence-electron chi connectivity index (χ0n) is 18.3. The summed E-state index contributed by atoms with van der Waals surface area (Å²) in [6.45, 7) is 0.205. The van der Waals surface area contributed by atoms with Gasteiger partial charge in [0, 0.05) is 39.3 Å². The summed E-state index contributed by atoms with van der Waals surface area (Å²) >= 11 is 12.6. The van der Waals surface area contributed by atoms with Crippen LogP contribution >= 0.6 is 23.2 Å². The molecule has 2 N–H and O–H groups in total. The molecule has 1 aliphatic heterocycles. The van der Waals surface area contributed by atoms with E-state index in [0.717, 1.165) is 16.5 Å². The van der Waals surface area contributed by atoms with Gasteiger partial charge in [0.2, 0.25) is 0 Å². The van der Waals surface area contributed by atoms with Gasteiger partial charge in [-0.3, -0.25) is 9.59 Å². The van der Waals surface area contributed by atoms with Crippen molar-refractivity contribution in [2.24, 2.45) is 0 Å². The maximum atomic E-state index is 13.4. The van der Waals surface area contributed by atoms with Gasteiger partial charge in [0.1, 0.15) is 11.6 Å². The highest BCUT2D eigenvalue weighted by Crippen LogP contribution is 2.42. The van der Waals surface area contributed by atoms with Crippen LogP contribution in [0, 0.1) is 5.82 Å². The summed E-state index contributed by atoms with van der Waals surface area (Å²) in [5.74, 6) is -2.46. The van der Waals surface area contributed by atoms with Crippen molar-refractivity contribution in [1.29, 1.82) is 0 Å². The van der Waals surface area contributed by atoms with Crippen molar-refractivity contribution in [3.63, 3.8) is 0 Å². The highest BCUT2D eigenvalue weighted by Gasteiger charge is 2.46. The average Bonchev–Trinajstić information content (AvgIpc) is 3.36. The van der Waals surface area contributed by atoms with Crippen LogP contribution in [0.1, 0.15) is 22.7 Å². The van der Waals surface area contributed by atoms with Crippen molar-refractivity contribution in [2.45, 2.75) is 12.5 Å². The number of hydrogen-bond donors (Lipinski definition) is 2. The van der Waals surface area contributed by atoms with Gasteiger partial charge in [-0.2, -0.15) is 0 Å². The number of aromatic nitrogens is 1. The summed E-state index contributed by atoms with van der Waals surface area (Å²) < 4.78 is 13.4. The molecule has 0 spiro atoms. The number of aromatic amines is 1. The number of para-hydroxylation sites is 1. The lowest BCUT2D eigenvalue weighted by Crippen LogP contribution is -2.31. The molecule has 2 heterocycles. The molecule has 1 aromatic heterocycles. The number of nitrogens with one attached hydrogen (secondary N) is 1. The normalized spacial score (nSPS) is 17.5. The van der Waals surface area contributed by atoms with E-state index >= 15 is 0 Å². The standard InChI is InChI=1S/C27H19Cl2FN2O3/c28-17-7-10-20(21(29)13-17)24-23(25(33)15-5-8-18(30)9-6-15)26(34)27(35)32(24)12-11-16-14-31-22-4-2-1-3-19(16)22/h1-10,13-14,24,31,33H,11-12H2/b25-23-. The predicted octanol–water partition coefficient (Wildman–Crippen LogP) is 6.28. The Hall–Kier alpha value is -3.61. The molecule has 3 aromatic carbocycles. The summed E-state index contributed by atoms with van der Waals surface area (Å²) in [4.78, 5) is 31.0. The van der Waals surface area contributed by atoms with E-state index in [0.29, 0.717) is 17.0 Å². The summed E-state index contributed by atoms with van der Waals surface area (Å²) in [6, 6.07) is 16.7. The van der Waals surface area contributed by atoms with Crippen LogP contribution in [0.2, 0.25) is 10.0 Å². The van der Waals surface area contributed by atoms with Crippen molar-refractivity contribution in [3.8, 4) is 0 Å². The number of nitrogens with zero attached hydrogens (tertiary/aromatic N) is 1. The van der Waals surface area contributed by atoms with Gasteiger partial charge < -0.3 is 15.0 Å². The molecule has 1 fully saturated rings. The molecule has 0 bridgehead atoms. The Kier molecular flexibility index (Phi) is 6.09. The molecule has 5 nitrogen and oxygen atoms in total. The summed E-state index contributed by atoms with van der Waals surface area (Å²) in [5, 5.41) is 12.7. The van der Waals surface area contributed by atoms with Crippen molar-refractivity contribution in [2.75, 3.05) is 6.54 Å². The number of rotatable bonds is 5. The maximum Gasteiger partial charge on any atom is 0.295 e. The van der Waals surface area contributed by atoms with Crippen LogP contribution in [-0.2, 0) is 16.0 Å². The smallest absolute Gasteiger partial charge is 0.295 e. The quantitative estimate of drug-likeness (QED) is 0.189. The number of carbonyl (C=O) groups excluding carboxylic acids is 2. The molecule has 1 atom stereocenters. The third-order valence-electron chi connectivity index (χ3n) is 6.21. The fourth-order valence-corrected chi connectivity index (χ4v) is 5.01. The van der Waals surface area contributed by atoms with E-state index < -0.39 is 29.3 Å². The number of hydrogen-bond acceptors (Lipinski definition) is 3. The Morgan fingerprint density at radius 2 is 1.77 bits per heavy atom. The number of aliphatic hydroxyl groups is 1. The van der Waals surface area contributed by atoms with Crippen LogP contribution in [0.3, 0.4) is 0 Å². The van der Waals surface area contributed by atoms with Crippen LogP contribution in [0.25, 0.3) is 16.7 Å². The van der Waals surface area contributed by atoms with Crippen molar-refractivity contribution in [1.82, 2.24) is 9.88 Å². The van der Waals surface area contributed by atoms with Crippen LogP contribution in [0.15, 0.2) is 78.5 Å². The molecule has 4 aromatic rings. The third-order valence-corrected chi connectivity index (χ3v) is 6.77. The molecule has 0 saturated carbocycles. The van der Waals surface area contributed by atoms with E-state index in [1.165, 1.54) is 35.2 Å². The van der Waals surface area contributed by atoms with Gasteiger partial charge in [0.15, 0.2) is 0 Å². The van der Waals surface area contributed by atoms with Gasteiger partial charge in [0.05, 0.1) is 11.6 Å². The highest BCUT2D eigenvalue weighted by atomic mass is 35.5. The van der Waals surface area contributed by atoms with Gasteiger partial charge in [-0.15, -0.1) is 0 Å². The number of amides is 1. The lowest BCUT2D eigenvalue weighted by molar-refractivity contribution is -0.139. The molecule has 1 saturated heterocycles. The molecule has 5 rings (SSSR count). The monoisotopic (exact) mass is 508 g/mol. The SMILES string of the molecule is O=C1C(=O)N(CCc2c[nH]c3ccccc23)C(c2ccc(Cl)cc2Cl)/C1=C(/O)c1ccc(F)cc1. The number of fused-ring (bicyclic) bond motifs is 1. The molecule has 35 heavy (non-hydrogen) atoms. The first-order valence-electron chi connectivity index (χ1n) is 10.9. The summed E-state index contributed by atoms with van der Waals surface area (Å²) in [7, 11) is 0. The minimum absolute atomic E-state index is 0.107. The molecule has 0 radical (unpaired) electrons. The molecule has 176 valence electrons. The fourth-order valence-electron chi connectivity index (χ4n) is 4.50. The maximum absolute atomic E-state index is 13.4. The molecule has 0 aliphatic carbocycles. The lowest BCUT2D eigenvalue weighted by Gasteiger charge is -2.26. The number of aliphatic hydroxyl groups excluding tert-OH is 1. The number of likely N-dealkylation sites (tertiary alicyclic amines) is 1. The Balaban J connectivity index is 1.59. The number of H-pyrrole nitrogens is 1. The summed E-state index contributed by atoms with van der Waals surface area (Å²) in [5.41, 5.74) is 2.53. The fraction of sp³-hybridized carbons (Fsp3) is 0.111. The Labute approximate surface area is 210 Å². The van der Waals surface area contributed by atoms with Crippen LogP contribution in [0.5, 0.6) is 0 Å². The van der Waals surface area contributed by atoms with E-state index in [4.69, 9.17) is 23.2 Å². The zero-order chi connectivity index (χ0) is 24.7. The van der Waals surface area contributed by atoms with Crippen molar-refractivity contribution in [3.05, 3.63) is 111 Å². The Morgan fingerprint density at radius 3 is 2.51 bits per heavy atom. The van der Waals surface area contributed by atoms with Crippen LogP contribution < -0.4 is 0 Å². The average molecular weight is 509 g/mol. The number of benzene rings is 3. The first-order chi connectivity index (χ1) is 16.8. The minimum atomic E-state index is -0.935. The first kappa shape index (κ1) is 23.1. The number of halogens is 3. The van der Waals surface area contributed by atoms with E-state index in [2.05, 4.69) is 4.98 Å². The molecular weight excluding hydrogens is 490 g/mol. The number of Topliss-reactive ketones (excluding diaryl/α,β-unsaturated/α-hetero) is 1. The zero-order valence-corrected chi connectivity index (χ0v) is 19.8. The van der Waals surface area contributed by atoms with Gasteiger partial charge in [-0.1, -0.05) is 47.5 Å². The van der Waals surface area contributed by atoms with Gasteiger partial charge in [0.25, 0.3) is 11.7 Å². The van der Waals surface area contributed by atoms with E-state index in [-0.39, 0.29) is 22.7 Å². The molecule has 8 heteroatoms. The predicted molar refractivity (Wildman–Crippen MR) is 134 cm³/mol. The second-order valence-corrected chi connectivity index (χ2v) is 9.12. The first-order valence-corrected chi connectivity index (χ1v) is 11.6. The van der Waals surface area contributed by atoms with Crippen molar-refractivity contribution >= 4 is 51.6 Å². The highest BCUT2D eigenvalue weighted by molar-refractivity contribution is 6.47. The minimum Gasteiger partial charge on any atom is -0.507 e. The summed E-state index contributed by atoms with van der Waals surface area (Å²) in [6.07, 6.45) is 2.35. The second kappa shape index (κ2) is 9.21. The van der Waals surface area contributed by atoms with E-state index in [9.17, 15) is 19.1 Å². The molecular formula is C27H19Cl2FN2O3.